The van der Waals surface area contributed by atoms with Crippen molar-refractivity contribution >= 4 is 12.1 Å². The summed E-state index contributed by atoms with van der Waals surface area (Å²) < 4.78 is 6.43. The summed E-state index contributed by atoms with van der Waals surface area (Å²) in [4.78, 5) is 11.0. The maximum Gasteiger partial charge on any atom is 0.156 e. The molecule has 0 aliphatic rings. The lowest BCUT2D eigenvalue weighted by molar-refractivity contribution is 0.0788. The molecular weight excluding hydrogens is 238 g/mol. The van der Waals surface area contributed by atoms with Crippen LogP contribution in [-0.2, 0) is 6.54 Å². The van der Waals surface area contributed by atoms with Crippen LogP contribution >= 0.6 is 0 Å². The van der Waals surface area contributed by atoms with Gasteiger partial charge in [0.25, 0.3) is 0 Å². The normalized spacial score (nSPS) is 12.6. The van der Waals surface area contributed by atoms with Crippen LogP contribution < -0.4 is 5.73 Å². The first kappa shape index (κ1) is 12.3. The average molecular weight is 251 g/mol. The molecule has 0 amide bonds. The summed E-state index contributed by atoms with van der Waals surface area (Å²) >= 11 is 0. The van der Waals surface area contributed by atoms with Crippen LogP contribution in [0.3, 0.4) is 0 Å². The Labute approximate surface area is 102 Å². The van der Waals surface area contributed by atoms with E-state index >= 15 is 0 Å². The number of aldehydes is 1. The summed E-state index contributed by atoms with van der Waals surface area (Å²) in [6.45, 7) is -0.407. The maximum atomic E-state index is 11.0. The standard InChI is InChI=1S/C11H13N3O4/c12-11-8(6-16)10(9-2-1-3-18-9)13-14(11)4-7(17)5-15/h1-3,6-7,15,17H,4-5,12H2. The summed E-state index contributed by atoms with van der Waals surface area (Å²) in [6.07, 6.45) is 1.06. The van der Waals surface area contributed by atoms with Crippen molar-refractivity contribution in [1.82, 2.24) is 9.78 Å². The van der Waals surface area contributed by atoms with E-state index in [0.29, 0.717) is 17.7 Å². The van der Waals surface area contributed by atoms with Gasteiger partial charge < -0.3 is 20.4 Å². The molecule has 2 aromatic heterocycles. The molecule has 0 fully saturated rings. The molecule has 7 heteroatoms. The monoisotopic (exact) mass is 251 g/mol. The van der Waals surface area contributed by atoms with Crippen LogP contribution in [0.15, 0.2) is 22.8 Å². The number of carbonyl (C=O) groups is 1. The second-order valence-corrected chi connectivity index (χ2v) is 3.76. The predicted octanol–water partition coefficient (Wildman–Crippen LogP) is -0.109. The van der Waals surface area contributed by atoms with Crippen molar-refractivity contribution in [3.63, 3.8) is 0 Å². The highest BCUT2D eigenvalue weighted by molar-refractivity contribution is 5.90. The fourth-order valence-electron chi connectivity index (χ4n) is 1.60. The highest BCUT2D eigenvalue weighted by Gasteiger charge is 2.19. The molecule has 96 valence electrons. The number of aliphatic hydroxyl groups excluding tert-OH is 2. The second-order valence-electron chi connectivity index (χ2n) is 3.76. The first-order valence-corrected chi connectivity index (χ1v) is 5.31. The van der Waals surface area contributed by atoms with E-state index in [1.54, 1.807) is 12.1 Å². The molecule has 1 unspecified atom stereocenters. The molecule has 1 atom stereocenters. The highest BCUT2D eigenvalue weighted by atomic mass is 16.3. The van der Waals surface area contributed by atoms with Gasteiger partial charge in [0, 0.05) is 0 Å². The molecule has 18 heavy (non-hydrogen) atoms. The second kappa shape index (κ2) is 5.03. The van der Waals surface area contributed by atoms with E-state index in [4.69, 9.17) is 15.3 Å². The smallest absolute Gasteiger partial charge is 0.156 e. The van der Waals surface area contributed by atoms with Gasteiger partial charge in [0.05, 0.1) is 31.1 Å². The van der Waals surface area contributed by atoms with Crippen molar-refractivity contribution in [3.05, 3.63) is 24.0 Å². The molecule has 0 aliphatic carbocycles. The molecule has 0 aliphatic heterocycles. The Morgan fingerprint density at radius 2 is 2.39 bits per heavy atom. The lowest BCUT2D eigenvalue weighted by Gasteiger charge is -2.08. The number of carbonyl (C=O) groups excluding carboxylic acids is 1. The Kier molecular flexibility index (Phi) is 3.45. The molecule has 7 nitrogen and oxygen atoms in total. The van der Waals surface area contributed by atoms with Gasteiger partial charge in [-0.15, -0.1) is 0 Å². The van der Waals surface area contributed by atoms with Crippen LogP contribution in [0.5, 0.6) is 0 Å². The third-order valence-electron chi connectivity index (χ3n) is 2.50. The molecule has 0 spiro atoms. The number of anilines is 1. The first-order chi connectivity index (χ1) is 8.67. The van der Waals surface area contributed by atoms with E-state index in [0.717, 1.165) is 0 Å². The van der Waals surface area contributed by atoms with Gasteiger partial charge in [-0.2, -0.15) is 5.10 Å². The van der Waals surface area contributed by atoms with Gasteiger partial charge in [0.2, 0.25) is 0 Å². The van der Waals surface area contributed by atoms with Gasteiger partial charge in [-0.3, -0.25) is 4.79 Å². The summed E-state index contributed by atoms with van der Waals surface area (Å²) in [5.74, 6) is 0.546. The predicted molar refractivity (Wildman–Crippen MR) is 62.8 cm³/mol. The van der Waals surface area contributed by atoms with E-state index in [1.165, 1.54) is 10.9 Å². The lowest BCUT2D eigenvalue weighted by Crippen LogP contribution is -2.21. The number of nitrogens with two attached hydrogens (primary N) is 1. The van der Waals surface area contributed by atoms with Crippen LogP contribution in [0.2, 0.25) is 0 Å². The van der Waals surface area contributed by atoms with Gasteiger partial charge in [0.15, 0.2) is 12.0 Å². The zero-order chi connectivity index (χ0) is 13.1. The molecule has 0 radical (unpaired) electrons. The number of hydrogen-bond acceptors (Lipinski definition) is 6. The zero-order valence-corrected chi connectivity index (χ0v) is 9.48. The highest BCUT2D eigenvalue weighted by Crippen LogP contribution is 2.26. The third kappa shape index (κ3) is 2.13. The summed E-state index contributed by atoms with van der Waals surface area (Å²) in [5, 5.41) is 22.3. The van der Waals surface area contributed by atoms with E-state index in [2.05, 4.69) is 5.10 Å². The molecule has 0 saturated heterocycles. The fourth-order valence-corrected chi connectivity index (χ4v) is 1.60. The Morgan fingerprint density at radius 1 is 1.61 bits per heavy atom. The van der Waals surface area contributed by atoms with Crippen molar-refractivity contribution < 1.29 is 19.4 Å². The molecule has 4 N–H and O–H groups in total. The third-order valence-corrected chi connectivity index (χ3v) is 2.50. The van der Waals surface area contributed by atoms with E-state index < -0.39 is 12.7 Å². The van der Waals surface area contributed by atoms with Crippen molar-refractivity contribution in [1.29, 1.82) is 0 Å². The topological polar surface area (TPSA) is 115 Å². The van der Waals surface area contributed by atoms with Crippen LogP contribution in [0.25, 0.3) is 11.5 Å². The number of nitrogens with zero attached hydrogens (tertiary/aromatic N) is 2. The zero-order valence-electron chi connectivity index (χ0n) is 9.48. The summed E-state index contributed by atoms with van der Waals surface area (Å²) in [5.41, 5.74) is 6.28. The minimum Gasteiger partial charge on any atom is -0.463 e. The number of hydrogen-bond donors (Lipinski definition) is 3. The number of furan rings is 1. The molecule has 0 bridgehead atoms. The van der Waals surface area contributed by atoms with Gasteiger partial charge in [-0.05, 0) is 12.1 Å². The van der Waals surface area contributed by atoms with Gasteiger partial charge >= 0.3 is 0 Å². The minimum absolute atomic E-state index is 0.00385. The summed E-state index contributed by atoms with van der Waals surface area (Å²) in [6, 6.07) is 3.32. The van der Waals surface area contributed by atoms with Crippen molar-refractivity contribution in [2.75, 3.05) is 12.3 Å². The molecule has 2 rings (SSSR count). The Hall–Kier alpha value is -2.12. The fraction of sp³-hybridized carbons (Fsp3) is 0.273. The molecule has 0 aromatic carbocycles. The Morgan fingerprint density at radius 3 is 2.94 bits per heavy atom. The first-order valence-electron chi connectivity index (χ1n) is 5.31. The number of nitrogen functional groups attached to an aromatic ring is 1. The number of aliphatic hydroxyl groups is 2. The molecule has 0 saturated carbocycles. The van der Waals surface area contributed by atoms with Crippen molar-refractivity contribution in [2.45, 2.75) is 12.6 Å². The molecule has 2 aromatic rings. The van der Waals surface area contributed by atoms with Crippen molar-refractivity contribution in [3.8, 4) is 11.5 Å². The minimum atomic E-state index is -0.990. The van der Waals surface area contributed by atoms with Gasteiger partial charge in [-0.25, -0.2) is 4.68 Å². The quantitative estimate of drug-likeness (QED) is 0.639. The number of rotatable bonds is 5. The average Bonchev–Trinajstić information content (AvgIpc) is 2.98. The lowest BCUT2D eigenvalue weighted by atomic mass is 10.2. The largest absolute Gasteiger partial charge is 0.463 e. The van der Waals surface area contributed by atoms with Crippen LogP contribution in [0, 0.1) is 0 Å². The van der Waals surface area contributed by atoms with Crippen LogP contribution in [-0.4, -0.2) is 39.0 Å². The maximum absolute atomic E-state index is 11.0. The van der Waals surface area contributed by atoms with E-state index in [-0.39, 0.29) is 17.9 Å². The van der Waals surface area contributed by atoms with Gasteiger partial charge in [0.1, 0.15) is 11.5 Å². The number of aromatic nitrogens is 2. The Bertz CT molecular complexity index is 533. The van der Waals surface area contributed by atoms with Crippen LogP contribution in [0.1, 0.15) is 10.4 Å². The van der Waals surface area contributed by atoms with Gasteiger partial charge in [-0.1, -0.05) is 0 Å². The van der Waals surface area contributed by atoms with E-state index in [9.17, 15) is 9.90 Å². The Balaban J connectivity index is 2.42. The summed E-state index contributed by atoms with van der Waals surface area (Å²) in [7, 11) is 0. The SMILES string of the molecule is Nc1c(C=O)c(-c2ccco2)nn1CC(O)CO. The molecular formula is C11H13N3O4. The molecule has 2 heterocycles. The van der Waals surface area contributed by atoms with Crippen LogP contribution in [0.4, 0.5) is 5.82 Å². The van der Waals surface area contributed by atoms with E-state index in [1.807, 2.05) is 0 Å². The van der Waals surface area contributed by atoms with Crippen molar-refractivity contribution in [2.24, 2.45) is 0 Å².